The third-order valence-electron chi connectivity index (χ3n) is 4.58. The summed E-state index contributed by atoms with van der Waals surface area (Å²) >= 11 is 0. The zero-order chi connectivity index (χ0) is 12.4. The molecule has 0 aromatic heterocycles. The Balaban J connectivity index is 0.00000162. The van der Waals surface area contributed by atoms with Gasteiger partial charge in [-0.2, -0.15) is 0 Å². The summed E-state index contributed by atoms with van der Waals surface area (Å²) in [5.74, 6) is 0. The van der Waals surface area contributed by atoms with E-state index >= 15 is 0 Å². The molecule has 1 nitrogen and oxygen atoms in total. The van der Waals surface area contributed by atoms with Crippen LogP contribution in [0.5, 0.6) is 0 Å². The molecule has 18 heavy (non-hydrogen) atoms. The van der Waals surface area contributed by atoms with Crippen molar-refractivity contribution >= 4 is 0 Å². The molecule has 102 valence electrons. The third-order valence-corrected chi connectivity index (χ3v) is 4.58. The summed E-state index contributed by atoms with van der Waals surface area (Å²) in [5.41, 5.74) is 1.96. The molecule has 1 aromatic carbocycles. The Kier molecular flexibility index (Phi) is 5.66. The Hall–Kier alpha value is -0.0900. The highest BCUT2D eigenvalue weighted by molar-refractivity contribution is 5.17. The lowest BCUT2D eigenvalue weighted by molar-refractivity contribution is -0.925. The van der Waals surface area contributed by atoms with Gasteiger partial charge in [-0.05, 0) is 18.4 Å². The SMILES string of the molecule is C[N+](C)(C)C1(Cc2ccccc2)CCCCC1.[I-]. The number of hydrogen-bond donors (Lipinski definition) is 0. The highest BCUT2D eigenvalue weighted by atomic mass is 127. The van der Waals surface area contributed by atoms with E-state index in [1.165, 1.54) is 44.1 Å². The maximum Gasteiger partial charge on any atom is 0.103 e. The van der Waals surface area contributed by atoms with Gasteiger partial charge in [0, 0.05) is 19.3 Å². The molecule has 1 fully saturated rings. The fraction of sp³-hybridized carbons (Fsp3) is 0.625. The van der Waals surface area contributed by atoms with Crippen LogP contribution in [-0.2, 0) is 6.42 Å². The predicted octanol–water partition coefficient (Wildman–Crippen LogP) is 0.642. The summed E-state index contributed by atoms with van der Waals surface area (Å²) in [6.45, 7) is 0. The van der Waals surface area contributed by atoms with Crippen LogP contribution in [0.15, 0.2) is 30.3 Å². The standard InChI is InChI=1S/C16H26N.HI/c1-17(2,3)16(12-8-5-9-13-16)14-15-10-6-4-7-11-15;/h4,6-7,10-11H,5,8-9,12-14H2,1-3H3;1H/q+1;/p-1. The molecule has 0 heterocycles. The van der Waals surface area contributed by atoms with Crippen molar-refractivity contribution in [2.45, 2.75) is 44.1 Å². The van der Waals surface area contributed by atoms with E-state index in [2.05, 4.69) is 51.5 Å². The van der Waals surface area contributed by atoms with Gasteiger partial charge in [0.1, 0.15) is 5.54 Å². The maximum absolute atomic E-state index is 2.37. The van der Waals surface area contributed by atoms with Crippen LogP contribution < -0.4 is 24.0 Å². The van der Waals surface area contributed by atoms with E-state index in [-0.39, 0.29) is 24.0 Å². The Bertz CT molecular complexity index is 347. The molecule has 0 spiro atoms. The molecule has 0 amide bonds. The summed E-state index contributed by atoms with van der Waals surface area (Å²) in [6.07, 6.45) is 8.23. The van der Waals surface area contributed by atoms with Gasteiger partial charge >= 0.3 is 0 Å². The van der Waals surface area contributed by atoms with Crippen molar-refractivity contribution in [3.8, 4) is 0 Å². The highest BCUT2D eigenvalue weighted by Gasteiger charge is 2.43. The number of nitrogens with zero attached hydrogens (tertiary/aromatic N) is 1. The largest absolute Gasteiger partial charge is 1.00 e. The van der Waals surface area contributed by atoms with Gasteiger partial charge in [0.2, 0.25) is 0 Å². The first-order valence-corrected chi connectivity index (χ1v) is 6.89. The van der Waals surface area contributed by atoms with Crippen molar-refractivity contribution in [1.29, 1.82) is 0 Å². The summed E-state index contributed by atoms with van der Waals surface area (Å²) in [4.78, 5) is 0. The second-order valence-electron chi connectivity index (χ2n) is 6.46. The zero-order valence-electron chi connectivity index (χ0n) is 12.0. The lowest BCUT2D eigenvalue weighted by Gasteiger charge is -2.49. The fourth-order valence-corrected chi connectivity index (χ4v) is 3.27. The third kappa shape index (κ3) is 3.47. The van der Waals surface area contributed by atoms with Gasteiger partial charge in [0.15, 0.2) is 0 Å². The van der Waals surface area contributed by atoms with Gasteiger partial charge in [-0.25, -0.2) is 0 Å². The minimum absolute atomic E-state index is 0. The molecule has 1 aromatic rings. The minimum atomic E-state index is 0. The van der Waals surface area contributed by atoms with Crippen LogP contribution in [-0.4, -0.2) is 31.2 Å². The molecule has 0 aliphatic heterocycles. The van der Waals surface area contributed by atoms with Crippen LogP contribution >= 0.6 is 0 Å². The van der Waals surface area contributed by atoms with E-state index in [1.807, 2.05) is 0 Å². The average Bonchev–Trinajstić information content (AvgIpc) is 2.30. The summed E-state index contributed by atoms with van der Waals surface area (Å²) in [7, 11) is 7.11. The number of halogens is 1. The molecular weight excluding hydrogens is 333 g/mol. The molecule has 0 saturated heterocycles. The van der Waals surface area contributed by atoms with Gasteiger partial charge in [0.05, 0.1) is 21.1 Å². The van der Waals surface area contributed by atoms with E-state index in [0.717, 1.165) is 4.48 Å². The van der Waals surface area contributed by atoms with E-state index in [0.29, 0.717) is 5.54 Å². The smallest absolute Gasteiger partial charge is 0.103 e. The van der Waals surface area contributed by atoms with Crippen molar-refractivity contribution in [1.82, 2.24) is 0 Å². The lowest BCUT2D eigenvalue weighted by atomic mass is 9.75. The Morgan fingerprint density at radius 3 is 2.00 bits per heavy atom. The Labute approximate surface area is 129 Å². The molecule has 1 aliphatic rings. The van der Waals surface area contributed by atoms with Crippen LogP contribution in [0.4, 0.5) is 0 Å². The van der Waals surface area contributed by atoms with E-state index < -0.39 is 0 Å². The molecule has 2 heteroatoms. The van der Waals surface area contributed by atoms with Gasteiger partial charge in [-0.1, -0.05) is 36.8 Å². The average molecular weight is 359 g/mol. The molecule has 1 aliphatic carbocycles. The normalized spacial score (nSPS) is 19.1. The van der Waals surface area contributed by atoms with E-state index in [4.69, 9.17) is 0 Å². The van der Waals surface area contributed by atoms with Crippen molar-refractivity contribution < 1.29 is 28.5 Å². The first-order valence-electron chi connectivity index (χ1n) is 6.89. The van der Waals surface area contributed by atoms with Gasteiger partial charge < -0.3 is 28.5 Å². The number of hydrogen-bond acceptors (Lipinski definition) is 0. The summed E-state index contributed by atoms with van der Waals surface area (Å²) < 4.78 is 1.10. The van der Waals surface area contributed by atoms with Gasteiger partial charge in [0.25, 0.3) is 0 Å². The molecule has 0 N–H and O–H groups in total. The van der Waals surface area contributed by atoms with Crippen molar-refractivity contribution in [2.75, 3.05) is 21.1 Å². The molecule has 2 rings (SSSR count). The Morgan fingerprint density at radius 1 is 0.944 bits per heavy atom. The topological polar surface area (TPSA) is 0 Å². The van der Waals surface area contributed by atoms with Crippen LogP contribution in [0, 0.1) is 0 Å². The minimum Gasteiger partial charge on any atom is -1.00 e. The molecule has 0 radical (unpaired) electrons. The number of likely N-dealkylation sites (N-methyl/N-ethyl adjacent to an activating group) is 1. The second-order valence-corrected chi connectivity index (χ2v) is 6.46. The first kappa shape index (κ1) is 16.0. The zero-order valence-corrected chi connectivity index (χ0v) is 14.1. The van der Waals surface area contributed by atoms with Crippen LogP contribution in [0.1, 0.15) is 37.7 Å². The Morgan fingerprint density at radius 2 is 1.50 bits per heavy atom. The molecule has 0 bridgehead atoms. The number of benzene rings is 1. The molecule has 1 saturated carbocycles. The van der Waals surface area contributed by atoms with Gasteiger partial charge in [-0.15, -0.1) is 0 Å². The quantitative estimate of drug-likeness (QED) is 0.549. The van der Waals surface area contributed by atoms with Crippen molar-refractivity contribution in [3.05, 3.63) is 35.9 Å². The van der Waals surface area contributed by atoms with Crippen LogP contribution in [0.3, 0.4) is 0 Å². The first-order chi connectivity index (χ1) is 8.04. The molecule has 0 atom stereocenters. The van der Waals surface area contributed by atoms with Crippen molar-refractivity contribution in [3.63, 3.8) is 0 Å². The monoisotopic (exact) mass is 359 g/mol. The molecular formula is C16H26IN. The van der Waals surface area contributed by atoms with Gasteiger partial charge in [-0.3, -0.25) is 0 Å². The second kappa shape index (κ2) is 6.38. The number of quaternary nitrogens is 1. The predicted molar refractivity (Wildman–Crippen MR) is 74.0 cm³/mol. The fourth-order valence-electron chi connectivity index (χ4n) is 3.27. The van der Waals surface area contributed by atoms with E-state index in [1.54, 1.807) is 0 Å². The highest BCUT2D eigenvalue weighted by Crippen LogP contribution is 2.38. The summed E-state index contributed by atoms with van der Waals surface area (Å²) in [6, 6.07) is 11.0. The molecule has 0 unspecified atom stereocenters. The maximum atomic E-state index is 2.37. The van der Waals surface area contributed by atoms with E-state index in [9.17, 15) is 0 Å². The lowest BCUT2D eigenvalue weighted by Crippen LogP contribution is -3.00. The number of rotatable bonds is 3. The van der Waals surface area contributed by atoms with Crippen LogP contribution in [0.2, 0.25) is 0 Å². The summed E-state index contributed by atoms with van der Waals surface area (Å²) in [5, 5.41) is 0. The van der Waals surface area contributed by atoms with Crippen molar-refractivity contribution in [2.24, 2.45) is 0 Å². The van der Waals surface area contributed by atoms with Crippen LogP contribution in [0.25, 0.3) is 0 Å².